The Labute approximate surface area is 105 Å². The van der Waals surface area contributed by atoms with Crippen LogP contribution >= 0.6 is 0 Å². The normalized spacial score (nSPS) is 15.4. The third-order valence-corrected chi connectivity index (χ3v) is 2.78. The molecule has 0 aliphatic rings. The Morgan fingerprint density at radius 3 is 2.50 bits per heavy atom. The number of halogens is 3. The van der Waals surface area contributed by atoms with E-state index in [-0.39, 0.29) is 0 Å². The van der Waals surface area contributed by atoms with Crippen LogP contribution in [0.5, 0.6) is 0 Å². The summed E-state index contributed by atoms with van der Waals surface area (Å²) in [6.07, 6.45) is -1.28. The van der Waals surface area contributed by atoms with Crippen molar-refractivity contribution in [3.05, 3.63) is 29.6 Å². The second-order valence-electron chi connectivity index (χ2n) is 4.95. The summed E-state index contributed by atoms with van der Waals surface area (Å²) < 4.78 is 37.5. The summed E-state index contributed by atoms with van der Waals surface area (Å²) in [6.45, 7) is 3.91. The Kier molecular flexibility index (Phi) is 4.73. The molecule has 0 aliphatic heterocycles. The molecule has 1 unspecified atom stereocenters. The number of nitrogens with zero attached hydrogens (tertiary/aromatic N) is 1. The molecular weight excluding hydrogens is 241 g/mol. The summed E-state index contributed by atoms with van der Waals surface area (Å²) >= 11 is 0. The molecule has 0 radical (unpaired) electrons. The molecule has 2 N–H and O–H groups in total. The van der Waals surface area contributed by atoms with Crippen molar-refractivity contribution < 1.29 is 13.2 Å². The van der Waals surface area contributed by atoms with Gasteiger partial charge in [-0.15, -0.1) is 0 Å². The van der Waals surface area contributed by atoms with E-state index < -0.39 is 17.4 Å². The fourth-order valence-corrected chi connectivity index (χ4v) is 1.82. The van der Waals surface area contributed by atoms with Crippen LogP contribution in [0.2, 0.25) is 0 Å². The minimum absolute atomic E-state index is 0.358. The van der Waals surface area contributed by atoms with Gasteiger partial charge in [0.25, 0.3) is 0 Å². The van der Waals surface area contributed by atoms with Crippen LogP contribution in [-0.4, -0.2) is 10.5 Å². The van der Waals surface area contributed by atoms with E-state index >= 15 is 0 Å². The third-order valence-electron chi connectivity index (χ3n) is 2.78. The molecule has 0 aliphatic carbocycles. The molecule has 0 saturated heterocycles. The Morgan fingerprint density at radius 1 is 1.28 bits per heavy atom. The minimum Gasteiger partial charge on any atom is -0.325 e. The number of hydrogen-bond donors (Lipinski definition) is 1. The highest BCUT2D eigenvalue weighted by molar-refractivity contribution is 5.15. The fourth-order valence-electron chi connectivity index (χ4n) is 1.82. The summed E-state index contributed by atoms with van der Waals surface area (Å²) in [4.78, 5) is 3.63. The second-order valence-corrected chi connectivity index (χ2v) is 4.95. The van der Waals surface area contributed by atoms with Gasteiger partial charge in [0.2, 0.25) is 0 Å². The first-order valence-electron chi connectivity index (χ1n) is 6.06. The fraction of sp³-hybridized carbons (Fsp3) is 0.615. The number of unbranched alkanes of at least 4 members (excludes halogenated alkanes) is 1. The Morgan fingerprint density at radius 2 is 1.94 bits per heavy atom. The van der Waals surface area contributed by atoms with Crippen LogP contribution in [0.3, 0.4) is 0 Å². The average Bonchev–Trinajstić information content (AvgIpc) is 2.25. The maximum absolute atomic E-state index is 12.5. The maximum atomic E-state index is 12.5. The third kappa shape index (κ3) is 4.64. The number of nitrogens with two attached hydrogens (primary N) is 1. The van der Waals surface area contributed by atoms with Crippen LogP contribution in [0.15, 0.2) is 18.2 Å². The molecule has 0 fully saturated rings. The molecule has 0 aromatic carbocycles. The summed E-state index contributed by atoms with van der Waals surface area (Å²) in [6, 6.07) is 3.94. The molecule has 102 valence electrons. The van der Waals surface area contributed by atoms with Gasteiger partial charge < -0.3 is 5.73 Å². The number of rotatable bonds is 5. The lowest BCUT2D eigenvalue weighted by molar-refractivity contribution is -0.141. The molecule has 5 heteroatoms. The van der Waals surface area contributed by atoms with Gasteiger partial charge in [-0.1, -0.05) is 25.8 Å². The van der Waals surface area contributed by atoms with Gasteiger partial charge in [0.1, 0.15) is 5.69 Å². The van der Waals surface area contributed by atoms with E-state index in [0.717, 1.165) is 25.3 Å². The van der Waals surface area contributed by atoms with Gasteiger partial charge in [-0.25, -0.2) is 4.98 Å². The lowest BCUT2D eigenvalue weighted by Crippen LogP contribution is -2.38. The molecule has 1 aromatic heterocycles. The monoisotopic (exact) mass is 260 g/mol. The highest BCUT2D eigenvalue weighted by Gasteiger charge is 2.32. The lowest BCUT2D eigenvalue weighted by atomic mass is 9.91. The van der Waals surface area contributed by atoms with Crippen LogP contribution in [0.25, 0.3) is 0 Å². The first-order chi connectivity index (χ1) is 8.24. The van der Waals surface area contributed by atoms with E-state index in [1.165, 1.54) is 6.07 Å². The predicted molar refractivity (Wildman–Crippen MR) is 65.1 cm³/mol. The van der Waals surface area contributed by atoms with Crippen LogP contribution < -0.4 is 5.73 Å². The molecule has 1 aromatic rings. The zero-order chi connectivity index (χ0) is 13.8. The van der Waals surface area contributed by atoms with Crippen molar-refractivity contribution in [2.75, 3.05) is 0 Å². The molecule has 0 bridgehead atoms. The molecule has 0 spiro atoms. The van der Waals surface area contributed by atoms with Crippen molar-refractivity contribution in [1.82, 2.24) is 4.98 Å². The van der Waals surface area contributed by atoms with Gasteiger partial charge in [-0.05, 0) is 25.5 Å². The van der Waals surface area contributed by atoms with Crippen molar-refractivity contribution >= 4 is 0 Å². The van der Waals surface area contributed by atoms with E-state index in [1.54, 1.807) is 6.07 Å². The molecule has 1 rings (SSSR count). The Hall–Kier alpha value is -1.10. The van der Waals surface area contributed by atoms with Crippen molar-refractivity contribution in [3.8, 4) is 0 Å². The van der Waals surface area contributed by atoms with E-state index in [2.05, 4.69) is 11.9 Å². The number of alkyl halides is 3. The molecule has 18 heavy (non-hydrogen) atoms. The Balaban J connectivity index is 2.79. The number of aromatic nitrogens is 1. The Bertz CT molecular complexity index is 386. The summed E-state index contributed by atoms with van der Waals surface area (Å²) in [5.41, 5.74) is 5.11. The van der Waals surface area contributed by atoms with Gasteiger partial charge in [-0.2, -0.15) is 13.2 Å². The van der Waals surface area contributed by atoms with Crippen molar-refractivity contribution in [3.63, 3.8) is 0 Å². The zero-order valence-corrected chi connectivity index (χ0v) is 10.7. The second kappa shape index (κ2) is 5.69. The highest BCUT2D eigenvalue weighted by atomic mass is 19.4. The first-order valence-corrected chi connectivity index (χ1v) is 6.06. The van der Waals surface area contributed by atoms with Crippen molar-refractivity contribution in [2.45, 2.75) is 51.2 Å². The van der Waals surface area contributed by atoms with E-state index in [0.29, 0.717) is 12.1 Å². The largest absolute Gasteiger partial charge is 0.433 e. The van der Waals surface area contributed by atoms with Crippen LogP contribution in [0.4, 0.5) is 13.2 Å². The summed E-state index contributed by atoms with van der Waals surface area (Å²) in [7, 11) is 0. The molecule has 0 saturated carbocycles. The SMILES string of the molecule is CCCCC(C)(N)Cc1cccc(C(F)(F)F)n1. The quantitative estimate of drug-likeness (QED) is 0.879. The summed E-state index contributed by atoms with van der Waals surface area (Å²) in [5.74, 6) is 0. The van der Waals surface area contributed by atoms with Gasteiger partial charge >= 0.3 is 6.18 Å². The molecular formula is C13H19F3N2. The van der Waals surface area contributed by atoms with Gasteiger partial charge in [0, 0.05) is 17.7 Å². The minimum atomic E-state index is -4.40. The van der Waals surface area contributed by atoms with Crippen LogP contribution in [0, 0.1) is 0 Å². The van der Waals surface area contributed by atoms with E-state index in [9.17, 15) is 13.2 Å². The maximum Gasteiger partial charge on any atom is 0.433 e. The predicted octanol–water partition coefficient (Wildman–Crippen LogP) is 3.55. The summed E-state index contributed by atoms with van der Waals surface area (Å²) in [5, 5.41) is 0. The number of pyridine rings is 1. The first kappa shape index (κ1) is 15.0. The van der Waals surface area contributed by atoms with Crippen LogP contribution in [0.1, 0.15) is 44.5 Å². The smallest absolute Gasteiger partial charge is 0.325 e. The lowest BCUT2D eigenvalue weighted by Gasteiger charge is -2.24. The highest BCUT2D eigenvalue weighted by Crippen LogP contribution is 2.28. The topological polar surface area (TPSA) is 38.9 Å². The van der Waals surface area contributed by atoms with Crippen molar-refractivity contribution in [1.29, 1.82) is 0 Å². The molecule has 1 heterocycles. The van der Waals surface area contributed by atoms with E-state index in [1.807, 2.05) is 6.92 Å². The standard InChI is InChI=1S/C13H19F3N2/c1-3-4-8-12(2,17)9-10-6-5-7-11(18-10)13(14,15)16/h5-7H,3-4,8-9,17H2,1-2H3. The van der Waals surface area contributed by atoms with Gasteiger partial charge in [0.05, 0.1) is 0 Å². The van der Waals surface area contributed by atoms with Gasteiger partial charge in [-0.3, -0.25) is 0 Å². The molecule has 1 atom stereocenters. The average molecular weight is 260 g/mol. The van der Waals surface area contributed by atoms with Gasteiger partial charge in [0.15, 0.2) is 0 Å². The number of hydrogen-bond acceptors (Lipinski definition) is 2. The molecule has 2 nitrogen and oxygen atoms in total. The van der Waals surface area contributed by atoms with Crippen molar-refractivity contribution in [2.24, 2.45) is 5.73 Å². The zero-order valence-electron chi connectivity index (χ0n) is 10.7. The van der Waals surface area contributed by atoms with E-state index in [4.69, 9.17) is 5.73 Å². The van der Waals surface area contributed by atoms with Crippen LogP contribution in [-0.2, 0) is 12.6 Å². The molecule has 0 amide bonds.